The van der Waals surface area contributed by atoms with Crippen LogP contribution in [0.1, 0.15) is 35.3 Å². The van der Waals surface area contributed by atoms with E-state index >= 15 is 0 Å². The summed E-state index contributed by atoms with van der Waals surface area (Å²) in [5.41, 5.74) is 12.5. The van der Waals surface area contributed by atoms with Gasteiger partial charge in [-0.15, -0.1) is 0 Å². The molecule has 0 saturated carbocycles. The summed E-state index contributed by atoms with van der Waals surface area (Å²) in [7, 11) is 0. The van der Waals surface area contributed by atoms with E-state index in [0.717, 1.165) is 17.4 Å². The highest BCUT2D eigenvalue weighted by Crippen LogP contribution is 2.30. The van der Waals surface area contributed by atoms with E-state index in [9.17, 15) is 4.79 Å². The Bertz CT molecular complexity index is 1000. The second-order valence-electron chi connectivity index (χ2n) is 6.07. The molecular weight excluding hydrogens is 362 g/mol. The number of rotatable bonds is 5. The number of hydrogen-bond acceptors (Lipinski definition) is 3. The second-order valence-corrected chi connectivity index (χ2v) is 6.48. The molecule has 6 nitrogen and oxygen atoms in total. The Morgan fingerprint density at radius 1 is 1.19 bits per heavy atom. The molecule has 0 radical (unpaired) electrons. The Labute approximate surface area is 162 Å². The fraction of sp³-hybridized carbons (Fsp3) is 0.150. The average Bonchev–Trinajstić information content (AvgIpc) is 2.68. The van der Waals surface area contributed by atoms with Crippen molar-refractivity contribution in [2.75, 3.05) is 0 Å². The quantitative estimate of drug-likeness (QED) is 0.463. The van der Waals surface area contributed by atoms with E-state index in [-0.39, 0.29) is 17.9 Å². The molecule has 7 heteroatoms. The molecule has 138 valence electrons. The van der Waals surface area contributed by atoms with Gasteiger partial charge in [-0.05, 0) is 24.1 Å². The maximum absolute atomic E-state index is 12.8. The Morgan fingerprint density at radius 3 is 2.59 bits per heavy atom. The van der Waals surface area contributed by atoms with Gasteiger partial charge in [-0.1, -0.05) is 54.9 Å². The van der Waals surface area contributed by atoms with E-state index in [1.807, 2.05) is 37.3 Å². The first-order chi connectivity index (χ1) is 13.0. The van der Waals surface area contributed by atoms with Gasteiger partial charge in [-0.3, -0.25) is 4.79 Å². The normalized spacial score (nSPS) is 11.8. The lowest BCUT2D eigenvalue weighted by Gasteiger charge is -2.17. The van der Waals surface area contributed by atoms with Crippen molar-refractivity contribution in [3.63, 3.8) is 0 Å². The number of halogens is 1. The Morgan fingerprint density at radius 2 is 1.93 bits per heavy atom. The van der Waals surface area contributed by atoms with Gasteiger partial charge in [0.1, 0.15) is 0 Å². The van der Waals surface area contributed by atoms with Gasteiger partial charge in [0.2, 0.25) is 0 Å². The van der Waals surface area contributed by atoms with Gasteiger partial charge in [-0.2, -0.15) is 4.99 Å². The van der Waals surface area contributed by atoms with E-state index < -0.39 is 0 Å². The number of aliphatic imine (C=N–C) groups is 1. The van der Waals surface area contributed by atoms with Crippen LogP contribution in [0.5, 0.6) is 0 Å². The molecule has 0 fully saturated rings. The van der Waals surface area contributed by atoms with Gasteiger partial charge >= 0.3 is 0 Å². The predicted octanol–water partition coefficient (Wildman–Crippen LogP) is 3.67. The number of benzene rings is 2. The molecule has 3 rings (SSSR count). The highest BCUT2D eigenvalue weighted by atomic mass is 35.5. The number of pyridine rings is 1. The topological polar surface area (TPSA) is 106 Å². The monoisotopic (exact) mass is 381 g/mol. The first-order valence-corrected chi connectivity index (χ1v) is 8.91. The molecule has 1 unspecified atom stereocenters. The van der Waals surface area contributed by atoms with Crippen LogP contribution in [-0.4, -0.2) is 16.9 Å². The molecule has 2 aromatic carbocycles. The molecule has 0 aliphatic carbocycles. The SMILES string of the molecule is CCC(NC(=O)c1ccc2c(Cl)cnc(N=C(N)N)c2c1)c1ccccc1. The number of hydrogen-bond donors (Lipinski definition) is 3. The number of carbonyl (C=O) groups excluding carboxylic acids is 1. The third-order valence-corrected chi connectivity index (χ3v) is 4.53. The maximum atomic E-state index is 12.8. The smallest absolute Gasteiger partial charge is 0.251 e. The van der Waals surface area contributed by atoms with Gasteiger partial charge in [0.15, 0.2) is 11.8 Å². The molecule has 3 aromatic rings. The first kappa shape index (κ1) is 18.7. The average molecular weight is 382 g/mol. The van der Waals surface area contributed by atoms with Crippen molar-refractivity contribution in [1.82, 2.24) is 10.3 Å². The molecular formula is C20H20ClN5O. The number of amides is 1. The largest absolute Gasteiger partial charge is 0.370 e. The number of nitrogens with two attached hydrogens (primary N) is 2. The predicted molar refractivity (Wildman–Crippen MR) is 109 cm³/mol. The van der Waals surface area contributed by atoms with Crippen LogP contribution in [0.2, 0.25) is 5.02 Å². The van der Waals surface area contributed by atoms with E-state index in [1.165, 1.54) is 6.20 Å². The summed E-state index contributed by atoms with van der Waals surface area (Å²) < 4.78 is 0. The standard InChI is InChI=1S/C20H20ClN5O/c1-2-17(12-6-4-3-5-7-12)25-19(27)13-8-9-14-15(10-13)18(26-20(22)23)24-11-16(14)21/h3-11,17H,2H2,1H3,(H,25,27)(H4,22,23,24,26). The number of guanidine groups is 1. The lowest BCUT2D eigenvalue weighted by Crippen LogP contribution is -2.28. The van der Waals surface area contributed by atoms with Crippen molar-refractivity contribution < 1.29 is 4.79 Å². The van der Waals surface area contributed by atoms with Crippen LogP contribution in [0.4, 0.5) is 5.82 Å². The molecule has 5 N–H and O–H groups in total. The van der Waals surface area contributed by atoms with Crippen LogP contribution in [0.15, 0.2) is 59.7 Å². The molecule has 1 amide bonds. The number of carbonyl (C=O) groups is 1. The first-order valence-electron chi connectivity index (χ1n) is 8.53. The van der Waals surface area contributed by atoms with Crippen LogP contribution in [0, 0.1) is 0 Å². The number of fused-ring (bicyclic) bond motifs is 1. The lowest BCUT2D eigenvalue weighted by atomic mass is 10.0. The van der Waals surface area contributed by atoms with Crippen LogP contribution < -0.4 is 16.8 Å². The summed E-state index contributed by atoms with van der Waals surface area (Å²) in [5, 5.41) is 4.85. The molecule has 0 aliphatic rings. The third-order valence-electron chi connectivity index (χ3n) is 4.23. The van der Waals surface area contributed by atoms with Crippen molar-refractivity contribution >= 4 is 40.1 Å². The zero-order chi connectivity index (χ0) is 19.4. The van der Waals surface area contributed by atoms with Crippen molar-refractivity contribution in [3.8, 4) is 0 Å². The molecule has 1 heterocycles. The minimum Gasteiger partial charge on any atom is -0.370 e. The summed E-state index contributed by atoms with van der Waals surface area (Å²) in [6.07, 6.45) is 2.25. The summed E-state index contributed by atoms with van der Waals surface area (Å²) >= 11 is 6.21. The molecule has 0 saturated heterocycles. The van der Waals surface area contributed by atoms with Gasteiger partial charge in [-0.25, -0.2) is 4.98 Å². The second kappa shape index (κ2) is 8.05. The van der Waals surface area contributed by atoms with Crippen LogP contribution in [0.3, 0.4) is 0 Å². The van der Waals surface area contributed by atoms with E-state index in [2.05, 4.69) is 15.3 Å². The summed E-state index contributed by atoms with van der Waals surface area (Å²) in [4.78, 5) is 21.0. The lowest BCUT2D eigenvalue weighted by molar-refractivity contribution is 0.0935. The van der Waals surface area contributed by atoms with E-state index in [1.54, 1.807) is 18.2 Å². The number of nitrogens with one attached hydrogen (secondary N) is 1. The molecule has 1 aromatic heterocycles. The zero-order valence-corrected chi connectivity index (χ0v) is 15.6. The molecule has 27 heavy (non-hydrogen) atoms. The number of aromatic nitrogens is 1. The van der Waals surface area contributed by atoms with Crippen molar-refractivity contribution in [3.05, 3.63) is 70.9 Å². The fourth-order valence-corrected chi connectivity index (χ4v) is 3.11. The molecule has 1 atom stereocenters. The van der Waals surface area contributed by atoms with Gasteiger partial charge in [0, 0.05) is 22.5 Å². The van der Waals surface area contributed by atoms with Gasteiger partial charge in [0.25, 0.3) is 5.91 Å². The minimum atomic E-state index is -0.191. The fourth-order valence-electron chi connectivity index (χ4n) is 2.90. The van der Waals surface area contributed by atoms with Crippen LogP contribution in [0.25, 0.3) is 10.8 Å². The molecule has 0 spiro atoms. The van der Waals surface area contributed by atoms with Gasteiger partial charge in [0.05, 0.1) is 11.1 Å². The van der Waals surface area contributed by atoms with E-state index in [0.29, 0.717) is 21.8 Å². The van der Waals surface area contributed by atoms with Crippen molar-refractivity contribution in [2.45, 2.75) is 19.4 Å². The minimum absolute atomic E-state index is 0.0796. The van der Waals surface area contributed by atoms with E-state index in [4.69, 9.17) is 23.1 Å². The number of nitrogens with zero attached hydrogens (tertiary/aromatic N) is 2. The summed E-state index contributed by atoms with van der Waals surface area (Å²) in [5.74, 6) is 0.0125. The summed E-state index contributed by atoms with van der Waals surface area (Å²) in [6, 6.07) is 15.0. The maximum Gasteiger partial charge on any atom is 0.251 e. The third kappa shape index (κ3) is 4.17. The molecule has 0 bridgehead atoms. The Kier molecular flexibility index (Phi) is 5.57. The highest BCUT2D eigenvalue weighted by Gasteiger charge is 2.16. The van der Waals surface area contributed by atoms with Crippen LogP contribution >= 0.6 is 11.6 Å². The summed E-state index contributed by atoms with van der Waals surface area (Å²) in [6.45, 7) is 2.03. The zero-order valence-electron chi connectivity index (χ0n) is 14.8. The highest BCUT2D eigenvalue weighted by molar-refractivity contribution is 6.35. The van der Waals surface area contributed by atoms with Crippen molar-refractivity contribution in [2.24, 2.45) is 16.5 Å². The Hall–Kier alpha value is -3.12. The Balaban J connectivity index is 1.96. The molecule has 0 aliphatic heterocycles. The van der Waals surface area contributed by atoms with Crippen molar-refractivity contribution in [1.29, 1.82) is 0 Å². The van der Waals surface area contributed by atoms with Crippen LogP contribution in [-0.2, 0) is 0 Å². The van der Waals surface area contributed by atoms with Gasteiger partial charge < -0.3 is 16.8 Å².